The summed E-state index contributed by atoms with van der Waals surface area (Å²) in [4.78, 5) is 31.9. The average molecular weight is 837 g/mol. The molecule has 0 aromatic rings. The zero-order valence-electron chi connectivity index (χ0n) is 40.5. The van der Waals surface area contributed by atoms with Crippen LogP contribution in [0.5, 0.6) is 0 Å². The van der Waals surface area contributed by atoms with Crippen LogP contribution in [0.4, 0.5) is 0 Å². The van der Waals surface area contributed by atoms with Crippen molar-refractivity contribution in [2.75, 3.05) is 39.4 Å². The van der Waals surface area contributed by atoms with Crippen LogP contribution < -0.4 is 0 Å². The van der Waals surface area contributed by atoms with Gasteiger partial charge in [-0.3, -0.25) is 9.59 Å². The molecule has 4 aliphatic rings. The summed E-state index contributed by atoms with van der Waals surface area (Å²) in [5.41, 5.74) is 4.24. The number of carboxylic acids is 2. The summed E-state index contributed by atoms with van der Waals surface area (Å²) < 4.78 is 13.5. The van der Waals surface area contributed by atoms with Crippen molar-refractivity contribution in [1.82, 2.24) is 9.80 Å². The summed E-state index contributed by atoms with van der Waals surface area (Å²) in [7, 11) is 0. The van der Waals surface area contributed by atoms with Crippen molar-refractivity contribution in [2.24, 2.45) is 38.9 Å². The number of hydrogen-bond donors (Lipinski definition) is 2. The third-order valence-corrected chi connectivity index (χ3v) is 15.1. The number of carboxylic acid groups (broad SMARTS) is 2. The first kappa shape index (κ1) is 50.1. The molecular weight excluding hydrogens is 749 g/mol. The van der Waals surface area contributed by atoms with Crippen LogP contribution in [0.1, 0.15) is 179 Å². The Hall–Kier alpha value is -2.58. The Morgan fingerprint density at radius 1 is 0.650 bits per heavy atom. The molecule has 2 heterocycles. The predicted molar refractivity (Wildman–Crippen MR) is 247 cm³/mol. The van der Waals surface area contributed by atoms with Gasteiger partial charge in [-0.15, -0.1) is 0 Å². The molecule has 0 bridgehead atoms. The molecule has 0 aromatic carbocycles. The van der Waals surface area contributed by atoms with Crippen LogP contribution in [0, 0.1) is 38.9 Å². The van der Waals surface area contributed by atoms with E-state index in [2.05, 4.69) is 92.2 Å². The maximum absolute atomic E-state index is 15.4. The Morgan fingerprint density at radius 2 is 1.02 bits per heavy atom. The Morgan fingerprint density at radius 3 is 1.37 bits per heavy atom. The van der Waals surface area contributed by atoms with Gasteiger partial charge in [0, 0.05) is 44.0 Å². The second kappa shape index (κ2) is 20.3. The second-order valence-corrected chi connectivity index (χ2v) is 22.3. The molecule has 0 amide bonds. The summed E-state index contributed by atoms with van der Waals surface area (Å²) in [6.45, 7) is 40.7. The molecule has 4 unspecified atom stereocenters. The van der Waals surface area contributed by atoms with Crippen molar-refractivity contribution >= 4 is 11.9 Å². The number of carbonyl (C=O) groups is 2. The molecule has 342 valence electrons. The van der Waals surface area contributed by atoms with E-state index in [1.54, 1.807) is 0 Å². The summed E-state index contributed by atoms with van der Waals surface area (Å²) in [5, 5.41) is 21.9. The van der Waals surface area contributed by atoms with E-state index in [4.69, 9.17) is 9.47 Å². The largest absolute Gasteiger partial charge is 0.481 e. The van der Waals surface area contributed by atoms with Gasteiger partial charge in [0.25, 0.3) is 0 Å². The highest BCUT2D eigenvalue weighted by atomic mass is 16.5. The SMILES string of the molecule is C=C(C)COC(C)C1=C(N2CCCCC2)CC(C)(C)C(C(CCCCCCCC(=O)O)(C(=O)O)C2C(C)(C)CC(N3CCCCC3)=C(C(C)OCC(=C)C)C2(C)C)C1(C)C. The molecule has 0 spiro atoms. The maximum Gasteiger partial charge on any atom is 0.310 e. The lowest BCUT2D eigenvalue weighted by atomic mass is 9.37. The minimum absolute atomic E-state index is 0.175. The van der Waals surface area contributed by atoms with Crippen LogP contribution in [-0.2, 0) is 19.1 Å². The first-order valence-electron chi connectivity index (χ1n) is 23.9. The minimum atomic E-state index is -1.14. The fourth-order valence-electron chi connectivity index (χ4n) is 14.1. The topological polar surface area (TPSA) is 99.5 Å². The molecule has 2 saturated heterocycles. The van der Waals surface area contributed by atoms with Gasteiger partial charge in [0.1, 0.15) is 0 Å². The van der Waals surface area contributed by atoms with Gasteiger partial charge in [-0.05, 0) is 137 Å². The lowest BCUT2D eigenvalue weighted by Crippen LogP contribution is -2.65. The Labute approximate surface area is 366 Å². The third-order valence-electron chi connectivity index (χ3n) is 15.1. The molecule has 2 fully saturated rings. The van der Waals surface area contributed by atoms with Gasteiger partial charge in [-0.2, -0.15) is 0 Å². The van der Waals surface area contributed by atoms with Crippen LogP contribution in [-0.4, -0.2) is 83.6 Å². The van der Waals surface area contributed by atoms with Gasteiger partial charge >= 0.3 is 11.9 Å². The summed E-state index contributed by atoms with van der Waals surface area (Å²) in [5.74, 6) is -1.92. The number of rotatable bonds is 21. The maximum atomic E-state index is 15.4. The summed E-state index contributed by atoms with van der Waals surface area (Å²) in [6.07, 6.45) is 13.1. The van der Waals surface area contributed by atoms with Gasteiger partial charge in [0.2, 0.25) is 0 Å². The summed E-state index contributed by atoms with van der Waals surface area (Å²) in [6, 6.07) is 0. The quantitative estimate of drug-likeness (QED) is 0.0871. The Bertz CT molecular complexity index is 1490. The zero-order chi connectivity index (χ0) is 44.8. The number of unbranched alkanes of at least 4 members (excludes halogenated alkanes) is 4. The van der Waals surface area contributed by atoms with Crippen molar-refractivity contribution in [1.29, 1.82) is 0 Å². The van der Waals surface area contributed by atoms with E-state index < -0.39 is 28.2 Å². The highest BCUT2D eigenvalue weighted by molar-refractivity contribution is 5.77. The number of nitrogens with zero attached hydrogens (tertiary/aromatic N) is 2. The number of likely N-dealkylation sites (tertiary alicyclic amines) is 2. The Balaban J connectivity index is 2.03. The fraction of sp³-hybridized carbons (Fsp3) is 0.808. The van der Waals surface area contributed by atoms with Crippen molar-refractivity contribution in [2.45, 2.75) is 192 Å². The normalized spacial score (nSPS) is 26.0. The molecule has 4 rings (SSSR count). The zero-order valence-corrected chi connectivity index (χ0v) is 40.5. The van der Waals surface area contributed by atoms with Crippen molar-refractivity contribution in [3.05, 3.63) is 46.8 Å². The van der Waals surface area contributed by atoms with Gasteiger partial charge in [-0.1, -0.05) is 105 Å². The minimum Gasteiger partial charge on any atom is -0.481 e. The lowest BCUT2D eigenvalue weighted by Gasteiger charge is -2.67. The van der Waals surface area contributed by atoms with Crippen LogP contribution >= 0.6 is 0 Å². The second-order valence-electron chi connectivity index (χ2n) is 22.3. The van der Waals surface area contributed by atoms with Gasteiger partial charge in [-0.25, -0.2) is 0 Å². The van der Waals surface area contributed by atoms with E-state index >= 15 is 4.79 Å². The van der Waals surface area contributed by atoms with E-state index in [-0.39, 0.29) is 41.3 Å². The van der Waals surface area contributed by atoms with Crippen molar-refractivity contribution < 1.29 is 29.3 Å². The molecule has 2 aliphatic carbocycles. The van der Waals surface area contributed by atoms with E-state index in [9.17, 15) is 15.0 Å². The number of piperidine rings is 2. The molecular formula is C52H88N2O6. The van der Waals surface area contributed by atoms with Crippen LogP contribution in [0.2, 0.25) is 0 Å². The van der Waals surface area contributed by atoms with E-state index in [1.807, 2.05) is 13.8 Å². The molecule has 0 saturated carbocycles. The standard InChI is InChI=1S/C52H88N2O6/c1-36(2)34-59-38(5)43-40(53-28-22-18-23-29-53)32-48(7,8)45(50(43,11)12)52(47(57)58,27-21-17-15-16-20-26-42(55)56)46-49(9,10)33-41(54-30-24-19-25-31-54)44(51(46,13)14)39(6)60-35-37(3)4/h38-39,45-46H,1,3,15-35H2,2,4-14H3,(H,55,56)(H,57,58). The molecule has 60 heavy (non-hydrogen) atoms. The molecule has 0 aromatic heterocycles. The predicted octanol–water partition coefficient (Wildman–Crippen LogP) is 12.5. The number of allylic oxidation sites excluding steroid dienone is 2. The fourth-order valence-corrected chi connectivity index (χ4v) is 14.1. The van der Waals surface area contributed by atoms with Crippen LogP contribution in [0.25, 0.3) is 0 Å². The summed E-state index contributed by atoms with van der Waals surface area (Å²) >= 11 is 0. The molecule has 2 aliphatic heterocycles. The molecule has 8 nitrogen and oxygen atoms in total. The lowest BCUT2D eigenvalue weighted by molar-refractivity contribution is -0.196. The third kappa shape index (κ3) is 11.0. The van der Waals surface area contributed by atoms with Gasteiger partial charge < -0.3 is 29.5 Å². The molecule has 8 heteroatoms. The van der Waals surface area contributed by atoms with Crippen molar-refractivity contribution in [3.63, 3.8) is 0 Å². The van der Waals surface area contributed by atoms with Gasteiger partial charge in [0.15, 0.2) is 0 Å². The van der Waals surface area contributed by atoms with E-state index in [0.717, 1.165) is 102 Å². The van der Waals surface area contributed by atoms with Crippen molar-refractivity contribution in [3.8, 4) is 0 Å². The highest BCUT2D eigenvalue weighted by Crippen LogP contribution is 2.71. The molecule has 4 atom stereocenters. The van der Waals surface area contributed by atoms with Gasteiger partial charge in [0.05, 0.1) is 30.8 Å². The molecule has 2 N–H and O–H groups in total. The average Bonchev–Trinajstić information content (AvgIpc) is 3.14. The monoisotopic (exact) mass is 837 g/mol. The smallest absolute Gasteiger partial charge is 0.310 e. The number of aliphatic carboxylic acids is 2. The van der Waals surface area contributed by atoms with E-state index in [1.165, 1.54) is 35.4 Å². The van der Waals surface area contributed by atoms with Crippen LogP contribution in [0.3, 0.4) is 0 Å². The highest BCUT2D eigenvalue weighted by Gasteiger charge is 2.70. The van der Waals surface area contributed by atoms with Crippen LogP contribution in [0.15, 0.2) is 46.8 Å². The number of hydrogen-bond acceptors (Lipinski definition) is 6. The Kier molecular flexibility index (Phi) is 16.9. The first-order valence-corrected chi connectivity index (χ1v) is 23.9. The molecule has 0 radical (unpaired) electrons. The first-order chi connectivity index (χ1) is 27.9. The van der Waals surface area contributed by atoms with E-state index in [0.29, 0.717) is 26.1 Å². The number of ether oxygens (including phenoxy) is 2.